The molecule has 9 heavy (non-hydrogen) atoms. The van der Waals surface area contributed by atoms with Crippen molar-refractivity contribution in [2.24, 2.45) is 16.8 Å². The molecule has 0 heterocycles. The van der Waals surface area contributed by atoms with Crippen molar-refractivity contribution < 1.29 is 5.03 Å². The highest BCUT2D eigenvalue weighted by Gasteiger charge is 1.96. The molecular weight excluding hydrogens is 128 g/mol. The third-order valence-corrected chi connectivity index (χ3v) is 0.455. The molecule has 0 fully saturated rings. The Morgan fingerprint density at radius 1 is 1.56 bits per heavy atom. The van der Waals surface area contributed by atoms with Gasteiger partial charge < -0.3 is 0 Å². The van der Waals surface area contributed by atoms with Gasteiger partial charge in [0.1, 0.15) is 5.10 Å². The van der Waals surface area contributed by atoms with E-state index in [1.165, 1.54) is 0 Å². The van der Waals surface area contributed by atoms with Crippen LogP contribution in [0.5, 0.6) is 0 Å². The number of hydrogen-bond acceptors (Lipinski definition) is 4. The van der Waals surface area contributed by atoms with E-state index in [-0.39, 0.29) is 5.96 Å². The number of nitrogens with one attached hydrogen (secondary N) is 2. The Labute approximate surface area is 50.0 Å². The van der Waals surface area contributed by atoms with Crippen LogP contribution in [-0.4, -0.2) is 11.0 Å². The summed E-state index contributed by atoms with van der Waals surface area (Å²) in [6, 6.07) is 0. The van der Waals surface area contributed by atoms with Crippen molar-refractivity contribution in [3.63, 3.8) is 0 Å². The van der Waals surface area contributed by atoms with Crippen molar-refractivity contribution in [1.29, 1.82) is 0 Å². The van der Waals surface area contributed by atoms with E-state index in [2.05, 4.69) is 5.10 Å². The van der Waals surface area contributed by atoms with Gasteiger partial charge >= 0.3 is 0 Å². The molecule has 8 heteroatoms. The van der Waals surface area contributed by atoms with E-state index < -0.39 is 5.03 Å². The summed E-state index contributed by atoms with van der Waals surface area (Å²) in [5.41, 5.74) is 3.71. The third-order valence-electron chi connectivity index (χ3n) is 0.455. The summed E-state index contributed by atoms with van der Waals surface area (Å²) in [6.07, 6.45) is 0. The van der Waals surface area contributed by atoms with Gasteiger partial charge in [-0.2, -0.15) is 0 Å². The quantitative estimate of drug-likeness (QED) is 0.103. The number of guanidine groups is 1. The summed E-state index contributed by atoms with van der Waals surface area (Å²) in [6.45, 7) is 0. The fourth-order valence-electron chi connectivity index (χ4n) is 0.181. The smallest absolute Gasteiger partial charge is 0.288 e. The molecule has 0 aromatic heterocycles. The first-order chi connectivity index (χ1) is 4.20. The van der Waals surface area contributed by atoms with Gasteiger partial charge in [-0.3, -0.25) is 10.9 Å². The first-order valence-corrected chi connectivity index (χ1v) is 1.87. The van der Waals surface area contributed by atoms with Gasteiger partial charge in [-0.05, 0) is 0 Å². The van der Waals surface area contributed by atoms with E-state index >= 15 is 0 Å². The molecule has 0 aromatic carbocycles. The Hall–Kier alpha value is -1.41. The van der Waals surface area contributed by atoms with Crippen LogP contribution in [0.25, 0.3) is 0 Å². The standard InChI is InChI=1S/CH6N6O2/c2-4-1(5-3)6-7(8)9/h2-3H2,(H2,4,5,6). The second kappa shape index (κ2) is 3.57. The predicted octanol–water partition coefficient (Wildman–Crippen LogP) is -2.54. The average Bonchev–Trinajstić information content (AvgIpc) is 1.82. The van der Waals surface area contributed by atoms with Crippen LogP contribution in [-0.2, 0) is 0 Å². The van der Waals surface area contributed by atoms with Crippen LogP contribution in [0.2, 0.25) is 0 Å². The van der Waals surface area contributed by atoms with E-state index in [9.17, 15) is 10.1 Å². The highest BCUT2D eigenvalue weighted by molar-refractivity contribution is 5.77. The highest BCUT2D eigenvalue weighted by Crippen LogP contribution is 1.66. The Kier molecular flexibility index (Phi) is 3.01. The molecule has 0 saturated carbocycles. The molecule has 0 aliphatic carbocycles. The fraction of sp³-hybridized carbons (Fsp3) is 0. The maximum atomic E-state index is 9.55. The van der Waals surface area contributed by atoms with Crippen molar-refractivity contribution in [3.8, 4) is 0 Å². The summed E-state index contributed by atoms with van der Waals surface area (Å²) in [7, 11) is 0. The first-order valence-electron chi connectivity index (χ1n) is 1.87. The average molecular weight is 134 g/mol. The van der Waals surface area contributed by atoms with Crippen molar-refractivity contribution in [2.75, 3.05) is 0 Å². The monoisotopic (exact) mass is 134 g/mol. The van der Waals surface area contributed by atoms with Gasteiger partial charge in [0.2, 0.25) is 0 Å². The predicted molar refractivity (Wildman–Crippen MR) is 29.1 cm³/mol. The SMILES string of the molecule is NNC(=N[N+](=O)[O-])NN. The zero-order valence-electron chi connectivity index (χ0n) is 4.37. The van der Waals surface area contributed by atoms with Crippen molar-refractivity contribution in [3.05, 3.63) is 10.1 Å². The lowest BCUT2D eigenvalue weighted by molar-refractivity contribution is -0.485. The molecule has 0 unspecified atom stereocenters. The van der Waals surface area contributed by atoms with Gasteiger partial charge in [0.25, 0.3) is 5.96 Å². The Bertz CT molecular complexity index is 123. The van der Waals surface area contributed by atoms with Gasteiger partial charge in [0.05, 0.1) is 0 Å². The lowest BCUT2D eigenvalue weighted by Gasteiger charge is -1.95. The van der Waals surface area contributed by atoms with Gasteiger partial charge in [-0.1, -0.05) is 0 Å². The van der Waals surface area contributed by atoms with E-state index in [4.69, 9.17) is 11.7 Å². The van der Waals surface area contributed by atoms with Crippen LogP contribution in [0.4, 0.5) is 0 Å². The molecule has 0 rings (SSSR count). The van der Waals surface area contributed by atoms with Crippen LogP contribution in [0, 0.1) is 10.1 Å². The molecule has 0 aliphatic rings. The minimum Gasteiger partial charge on any atom is -0.288 e. The Morgan fingerprint density at radius 2 is 2.00 bits per heavy atom. The molecule has 0 spiro atoms. The third kappa shape index (κ3) is 3.20. The van der Waals surface area contributed by atoms with Gasteiger partial charge in [-0.15, -0.1) is 0 Å². The van der Waals surface area contributed by atoms with E-state index in [1.807, 2.05) is 10.9 Å². The molecule has 0 aromatic rings. The molecule has 6 N–H and O–H groups in total. The van der Waals surface area contributed by atoms with E-state index in [1.54, 1.807) is 0 Å². The van der Waals surface area contributed by atoms with Gasteiger partial charge in [-0.25, -0.2) is 21.8 Å². The summed E-state index contributed by atoms with van der Waals surface area (Å²) in [5.74, 6) is 9.10. The number of hydrazine groups is 2. The van der Waals surface area contributed by atoms with Crippen LogP contribution in [0.15, 0.2) is 5.10 Å². The number of hydrazone groups is 1. The molecule has 0 amide bonds. The minimum absolute atomic E-state index is 0.306. The molecule has 0 atom stereocenters. The normalized spacial score (nSPS) is 7.78. The fourth-order valence-corrected chi connectivity index (χ4v) is 0.181. The van der Waals surface area contributed by atoms with Crippen molar-refractivity contribution >= 4 is 5.96 Å². The molecule has 0 aliphatic heterocycles. The van der Waals surface area contributed by atoms with Crippen LogP contribution in [0.3, 0.4) is 0 Å². The number of nitrogens with zero attached hydrogens (tertiary/aromatic N) is 2. The molecule has 0 radical (unpaired) electrons. The summed E-state index contributed by atoms with van der Waals surface area (Å²) >= 11 is 0. The van der Waals surface area contributed by atoms with Gasteiger partial charge in [0.15, 0.2) is 5.03 Å². The van der Waals surface area contributed by atoms with Crippen LogP contribution >= 0.6 is 0 Å². The Morgan fingerprint density at radius 3 is 2.11 bits per heavy atom. The number of hydrogen-bond donors (Lipinski definition) is 4. The minimum atomic E-state index is -0.935. The second-order valence-electron chi connectivity index (χ2n) is 0.975. The van der Waals surface area contributed by atoms with Gasteiger partial charge in [0, 0.05) is 0 Å². The number of nitro groups is 1. The maximum absolute atomic E-state index is 9.55. The zero-order chi connectivity index (χ0) is 7.28. The zero-order valence-corrected chi connectivity index (χ0v) is 4.37. The molecule has 0 bridgehead atoms. The van der Waals surface area contributed by atoms with Crippen molar-refractivity contribution in [2.45, 2.75) is 0 Å². The van der Waals surface area contributed by atoms with Crippen molar-refractivity contribution in [1.82, 2.24) is 10.9 Å². The van der Waals surface area contributed by atoms with Crippen LogP contribution in [0.1, 0.15) is 0 Å². The number of nitrogens with two attached hydrogens (primary N) is 2. The van der Waals surface area contributed by atoms with E-state index in [0.29, 0.717) is 0 Å². The topological polar surface area (TPSA) is 132 Å². The summed E-state index contributed by atoms with van der Waals surface area (Å²) in [5, 5.41) is 11.3. The van der Waals surface area contributed by atoms with Crippen LogP contribution < -0.4 is 22.5 Å². The summed E-state index contributed by atoms with van der Waals surface area (Å²) < 4.78 is 0. The molecule has 52 valence electrons. The maximum Gasteiger partial charge on any atom is 0.297 e. The first kappa shape index (κ1) is 7.59. The molecular formula is CH6N6O2. The lowest BCUT2D eigenvalue weighted by atomic mass is 11.1. The molecule has 0 saturated heterocycles. The Balaban J connectivity index is 3.91. The lowest BCUT2D eigenvalue weighted by Crippen LogP contribution is -2.45. The number of rotatable bonds is 1. The summed E-state index contributed by atoms with van der Waals surface area (Å²) in [4.78, 5) is 9.55. The van der Waals surface area contributed by atoms with E-state index in [0.717, 1.165) is 0 Å². The largest absolute Gasteiger partial charge is 0.297 e. The molecule has 8 nitrogen and oxygen atoms in total. The second-order valence-corrected chi connectivity index (χ2v) is 0.975. The highest BCUT2D eigenvalue weighted by atomic mass is 16.7.